The summed E-state index contributed by atoms with van der Waals surface area (Å²) in [5.41, 5.74) is 1.92. The second kappa shape index (κ2) is 8.63. The molecule has 2 aliphatic rings. The van der Waals surface area contributed by atoms with Gasteiger partial charge in [-0.1, -0.05) is 67.7 Å². The number of rotatable bonds is 6. The van der Waals surface area contributed by atoms with Crippen LogP contribution in [0.2, 0.25) is 0 Å². The Hall–Kier alpha value is -1.99. The molecule has 0 aliphatic heterocycles. The fraction of sp³-hybridized carbons (Fsp3) is 0.478. The highest BCUT2D eigenvalue weighted by Gasteiger charge is 2.33. The normalized spacial score (nSPS) is 21.3. The topological polar surface area (TPSA) is 76.1 Å². The largest absolute Gasteiger partial charge is 0.301 e. The van der Waals surface area contributed by atoms with Gasteiger partial charge in [0.25, 0.3) is 0 Å². The number of amides is 1. The molecule has 2 unspecified atom stereocenters. The smallest absolute Gasteiger partial charge is 0.233 e. The number of anilines is 1. The third-order valence-electron chi connectivity index (χ3n) is 6.30. The first-order valence-electron chi connectivity index (χ1n) is 10.6. The lowest BCUT2D eigenvalue weighted by molar-refractivity contribution is -0.119. The summed E-state index contributed by atoms with van der Waals surface area (Å²) in [7, 11) is -3.21. The van der Waals surface area contributed by atoms with Crippen LogP contribution in [0, 0.1) is 17.8 Å². The van der Waals surface area contributed by atoms with Crippen LogP contribution in [0.1, 0.15) is 45.4 Å². The van der Waals surface area contributed by atoms with Crippen LogP contribution in [0.25, 0.3) is 10.2 Å². The van der Waals surface area contributed by atoms with Gasteiger partial charge in [0.05, 0.1) is 16.1 Å². The summed E-state index contributed by atoms with van der Waals surface area (Å²) in [6, 6.07) is 7.86. The van der Waals surface area contributed by atoms with Crippen LogP contribution in [0.5, 0.6) is 0 Å². The zero-order chi connectivity index (χ0) is 21.3. The molecule has 5 nitrogen and oxygen atoms in total. The highest BCUT2D eigenvalue weighted by atomic mass is 32.2. The van der Waals surface area contributed by atoms with Crippen LogP contribution in [-0.4, -0.2) is 25.6 Å². The molecular formula is C23H28N2O3S2. The second-order valence-corrected chi connectivity index (χ2v) is 11.7. The van der Waals surface area contributed by atoms with Gasteiger partial charge in [-0.2, -0.15) is 0 Å². The lowest BCUT2D eigenvalue weighted by Gasteiger charge is -2.29. The maximum Gasteiger partial charge on any atom is 0.233 e. The molecule has 0 spiro atoms. The number of hydrogen-bond acceptors (Lipinski definition) is 5. The molecule has 30 heavy (non-hydrogen) atoms. The molecule has 4 rings (SSSR count). The fourth-order valence-electron chi connectivity index (χ4n) is 4.67. The second-order valence-electron chi connectivity index (χ2n) is 8.59. The summed E-state index contributed by atoms with van der Waals surface area (Å²) in [6.07, 6.45) is 10.9. The number of benzene rings is 1. The number of nitrogens with one attached hydrogen (secondary N) is 1. The van der Waals surface area contributed by atoms with Crippen LogP contribution in [0.15, 0.2) is 46.9 Å². The molecule has 1 aromatic heterocycles. The maximum absolute atomic E-state index is 13.4. The molecule has 2 aromatic rings. The van der Waals surface area contributed by atoms with Gasteiger partial charge in [-0.15, -0.1) is 0 Å². The van der Waals surface area contributed by atoms with E-state index in [1.807, 2.05) is 37.3 Å². The van der Waals surface area contributed by atoms with Crippen molar-refractivity contribution < 1.29 is 13.2 Å². The number of nitrogens with zero attached hydrogens (tertiary/aromatic N) is 1. The number of allylic oxidation sites excluding steroid dienone is 3. The van der Waals surface area contributed by atoms with Crippen molar-refractivity contribution in [3.8, 4) is 0 Å². The molecule has 0 saturated heterocycles. The predicted molar refractivity (Wildman–Crippen MR) is 123 cm³/mol. The Bertz CT molecular complexity index is 1080. The molecule has 1 amide bonds. The summed E-state index contributed by atoms with van der Waals surface area (Å²) in [5, 5.41) is 3.67. The van der Waals surface area contributed by atoms with Gasteiger partial charge in [0.2, 0.25) is 5.91 Å². The van der Waals surface area contributed by atoms with Crippen LogP contribution in [-0.2, 0) is 14.6 Å². The average Bonchev–Trinajstić information content (AvgIpc) is 3.34. The Morgan fingerprint density at radius 1 is 1.23 bits per heavy atom. The molecule has 0 radical (unpaired) electrons. The molecular weight excluding hydrogens is 416 g/mol. The standard InChI is InChI=1S/C23H28N2O3S2/c1-15-13-17(30(2,27)28)11-12-18(15)19(14-16-7-3-4-8-16)22(26)25-23-24-20-9-5-6-10-21(20)29-23/h5-6,9-12,15-16,19H,3-4,7-8,13-14H2,1-2H3,(H,24,25,26). The number of hydrogen-bond donors (Lipinski definition) is 1. The maximum atomic E-state index is 13.4. The molecule has 160 valence electrons. The fourth-order valence-corrected chi connectivity index (χ4v) is 6.40. The van der Waals surface area contributed by atoms with Gasteiger partial charge in [0.1, 0.15) is 0 Å². The van der Waals surface area contributed by atoms with Crippen molar-refractivity contribution in [3.63, 3.8) is 0 Å². The highest BCUT2D eigenvalue weighted by molar-refractivity contribution is 7.94. The van der Waals surface area contributed by atoms with E-state index in [4.69, 9.17) is 0 Å². The monoisotopic (exact) mass is 444 g/mol. The van der Waals surface area contributed by atoms with E-state index in [-0.39, 0.29) is 17.7 Å². The van der Waals surface area contributed by atoms with E-state index >= 15 is 0 Å². The third-order valence-corrected chi connectivity index (χ3v) is 8.51. The molecule has 1 saturated carbocycles. The van der Waals surface area contributed by atoms with Gasteiger partial charge in [0.15, 0.2) is 15.0 Å². The van der Waals surface area contributed by atoms with Gasteiger partial charge >= 0.3 is 0 Å². The van der Waals surface area contributed by atoms with Gasteiger partial charge in [-0.05, 0) is 42.9 Å². The predicted octanol–water partition coefficient (Wildman–Crippen LogP) is 5.33. The minimum absolute atomic E-state index is 0.0206. The first kappa shape index (κ1) is 21.2. The first-order chi connectivity index (χ1) is 14.3. The van der Waals surface area contributed by atoms with E-state index in [1.165, 1.54) is 30.4 Å². The SMILES string of the molecule is CC1CC(S(C)(=O)=O)=CC=C1C(CC1CCCC1)C(=O)Nc1nc2ccccc2s1. The van der Waals surface area contributed by atoms with Crippen LogP contribution < -0.4 is 5.32 Å². The van der Waals surface area contributed by atoms with E-state index in [1.54, 1.807) is 6.08 Å². The van der Waals surface area contributed by atoms with Gasteiger partial charge < -0.3 is 5.32 Å². The van der Waals surface area contributed by atoms with E-state index < -0.39 is 9.84 Å². The summed E-state index contributed by atoms with van der Waals surface area (Å²) < 4.78 is 25.0. The van der Waals surface area contributed by atoms with Crippen LogP contribution in [0.3, 0.4) is 0 Å². The number of para-hydroxylation sites is 1. The Morgan fingerprint density at radius 3 is 2.63 bits per heavy atom. The van der Waals surface area contributed by atoms with Crippen LogP contribution in [0.4, 0.5) is 5.13 Å². The minimum Gasteiger partial charge on any atom is -0.301 e. The molecule has 1 fully saturated rings. The minimum atomic E-state index is -3.21. The average molecular weight is 445 g/mol. The van der Waals surface area contributed by atoms with Crippen molar-refractivity contribution in [2.75, 3.05) is 11.6 Å². The third kappa shape index (κ3) is 4.67. The highest BCUT2D eigenvalue weighted by Crippen LogP contribution is 2.39. The molecule has 1 aromatic carbocycles. The van der Waals surface area contributed by atoms with Gasteiger partial charge in [-0.25, -0.2) is 13.4 Å². The van der Waals surface area contributed by atoms with Gasteiger partial charge in [0, 0.05) is 11.2 Å². The van der Waals surface area contributed by atoms with E-state index in [2.05, 4.69) is 10.3 Å². The zero-order valence-corrected chi connectivity index (χ0v) is 19.1. The lowest BCUT2D eigenvalue weighted by Crippen LogP contribution is -2.29. The van der Waals surface area contributed by atoms with Crippen molar-refractivity contribution >= 4 is 42.4 Å². The van der Waals surface area contributed by atoms with Crippen molar-refractivity contribution in [2.45, 2.75) is 45.4 Å². The van der Waals surface area contributed by atoms with Crippen molar-refractivity contribution in [3.05, 3.63) is 46.9 Å². The Kier molecular flexibility index (Phi) is 6.11. The molecule has 0 bridgehead atoms. The molecule has 1 N–H and O–H groups in total. The summed E-state index contributed by atoms with van der Waals surface area (Å²) >= 11 is 1.48. The summed E-state index contributed by atoms with van der Waals surface area (Å²) in [6.45, 7) is 2.02. The van der Waals surface area contributed by atoms with Crippen LogP contribution >= 0.6 is 11.3 Å². The quantitative estimate of drug-likeness (QED) is 0.654. The molecule has 1 heterocycles. The molecule has 7 heteroatoms. The summed E-state index contributed by atoms with van der Waals surface area (Å²) in [5.74, 6) is 0.277. The number of carbonyl (C=O) groups excluding carboxylic acids is 1. The van der Waals surface area contributed by atoms with Crippen molar-refractivity contribution in [2.24, 2.45) is 17.8 Å². The lowest BCUT2D eigenvalue weighted by atomic mass is 9.78. The number of thiazole rings is 1. The Balaban J connectivity index is 1.61. The number of carbonyl (C=O) groups is 1. The van der Waals surface area contributed by atoms with E-state index in [0.29, 0.717) is 22.4 Å². The first-order valence-corrected chi connectivity index (χ1v) is 13.3. The van der Waals surface area contributed by atoms with E-state index in [0.717, 1.165) is 35.1 Å². The van der Waals surface area contributed by atoms with Crippen molar-refractivity contribution in [1.82, 2.24) is 4.98 Å². The van der Waals surface area contributed by atoms with E-state index in [9.17, 15) is 13.2 Å². The zero-order valence-electron chi connectivity index (χ0n) is 17.4. The van der Waals surface area contributed by atoms with Crippen molar-refractivity contribution in [1.29, 1.82) is 0 Å². The number of sulfone groups is 1. The summed E-state index contributed by atoms with van der Waals surface area (Å²) in [4.78, 5) is 18.4. The Morgan fingerprint density at radius 2 is 1.97 bits per heavy atom. The Labute approximate surface area is 182 Å². The molecule has 2 atom stereocenters. The number of fused-ring (bicyclic) bond motifs is 1. The van der Waals surface area contributed by atoms with Gasteiger partial charge in [-0.3, -0.25) is 4.79 Å². The molecule has 2 aliphatic carbocycles. The number of aromatic nitrogens is 1.